The van der Waals surface area contributed by atoms with Crippen molar-refractivity contribution in [3.63, 3.8) is 0 Å². The number of pyridine rings is 1. The van der Waals surface area contributed by atoms with Gasteiger partial charge >= 0.3 is 0 Å². The number of hydrogen-bond donors (Lipinski definition) is 1. The molecule has 0 spiro atoms. The quantitative estimate of drug-likeness (QED) is 0.492. The Balaban J connectivity index is 1.42. The van der Waals surface area contributed by atoms with Gasteiger partial charge in [0.05, 0.1) is 16.6 Å². The zero-order valence-electron chi connectivity index (χ0n) is 18.5. The molecule has 2 aromatic carbocycles. The van der Waals surface area contributed by atoms with Crippen molar-refractivity contribution in [2.45, 2.75) is 25.8 Å². The fraction of sp³-hybridized carbons (Fsp3) is 0.269. The van der Waals surface area contributed by atoms with Crippen LogP contribution in [0, 0.1) is 0 Å². The number of nitrogens with one attached hydrogen (secondary N) is 1. The molecule has 0 radical (unpaired) electrons. The number of nitrogens with zero attached hydrogens (tertiary/aromatic N) is 4. The Morgan fingerprint density at radius 1 is 0.879 bits per heavy atom. The summed E-state index contributed by atoms with van der Waals surface area (Å²) in [6, 6.07) is 20.2. The minimum Gasteiger partial charge on any atom is -0.309 e. The average Bonchev–Trinajstić information content (AvgIpc) is 3.21. The topological polar surface area (TPSA) is 72.2 Å². The lowest BCUT2D eigenvalue weighted by atomic mass is 10.1. The van der Waals surface area contributed by atoms with Crippen LogP contribution in [0.1, 0.15) is 29.6 Å². The molecule has 1 N–H and O–H groups in total. The molecule has 2 aromatic heterocycles. The Labute approximate surface area is 192 Å². The SMILES string of the molecule is O=C(Nc1nc2ccccc2n1CCN1CCCCC1)c1ccc(=O)n(-c2ccccc2)c1. The maximum absolute atomic E-state index is 13.2. The highest BCUT2D eigenvalue weighted by atomic mass is 16.2. The van der Waals surface area contributed by atoms with Gasteiger partial charge in [0, 0.05) is 31.0 Å². The highest BCUT2D eigenvalue weighted by Crippen LogP contribution is 2.21. The first kappa shape index (κ1) is 21.2. The molecular weight excluding hydrogens is 414 g/mol. The van der Waals surface area contributed by atoms with E-state index in [-0.39, 0.29) is 11.5 Å². The second-order valence-corrected chi connectivity index (χ2v) is 8.39. The standard InChI is InChI=1S/C26H27N5O2/c32-24-14-13-20(19-31(24)21-9-3-1-4-10-21)25(33)28-26-27-22-11-5-6-12-23(22)30(26)18-17-29-15-7-2-8-16-29/h1,3-6,9-14,19H,2,7-8,15-18H2,(H,27,28,33). The maximum Gasteiger partial charge on any atom is 0.259 e. The Hall–Kier alpha value is -3.71. The van der Waals surface area contributed by atoms with Gasteiger partial charge < -0.3 is 9.47 Å². The number of amides is 1. The molecule has 5 rings (SSSR count). The summed E-state index contributed by atoms with van der Waals surface area (Å²) < 4.78 is 3.56. The first-order valence-corrected chi connectivity index (χ1v) is 11.5. The monoisotopic (exact) mass is 441 g/mol. The van der Waals surface area contributed by atoms with Crippen LogP contribution in [0.15, 0.2) is 77.7 Å². The third-order valence-corrected chi connectivity index (χ3v) is 6.18. The lowest BCUT2D eigenvalue weighted by Gasteiger charge is -2.26. The van der Waals surface area contributed by atoms with Gasteiger partial charge in [0.1, 0.15) is 0 Å². The molecule has 0 aliphatic carbocycles. The molecule has 7 nitrogen and oxygen atoms in total. The van der Waals surface area contributed by atoms with Crippen molar-refractivity contribution in [3.8, 4) is 5.69 Å². The molecule has 0 unspecified atom stereocenters. The fourth-order valence-corrected chi connectivity index (χ4v) is 4.41. The number of likely N-dealkylation sites (tertiary alicyclic amines) is 1. The number of fused-ring (bicyclic) bond motifs is 1. The van der Waals surface area contributed by atoms with Crippen molar-refractivity contribution < 1.29 is 4.79 Å². The third kappa shape index (κ3) is 4.59. The van der Waals surface area contributed by atoms with Crippen LogP contribution < -0.4 is 10.9 Å². The number of benzene rings is 2. The zero-order chi connectivity index (χ0) is 22.6. The van der Waals surface area contributed by atoms with Crippen LogP contribution in [-0.2, 0) is 6.54 Å². The van der Waals surface area contributed by atoms with Crippen molar-refractivity contribution in [1.29, 1.82) is 0 Å². The summed E-state index contributed by atoms with van der Waals surface area (Å²) >= 11 is 0. The van der Waals surface area contributed by atoms with E-state index in [4.69, 9.17) is 0 Å². The molecule has 4 aromatic rings. The number of hydrogen-bond acceptors (Lipinski definition) is 4. The summed E-state index contributed by atoms with van der Waals surface area (Å²) in [5.74, 6) is 0.227. The van der Waals surface area contributed by atoms with Crippen molar-refractivity contribution in [2.24, 2.45) is 0 Å². The van der Waals surface area contributed by atoms with E-state index in [1.165, 1.54) is 29.9 Å². The molecule has 0 atom stereocenters. The van der Waals surface area contributed by atoms with E-state index >= 15 is 0 Å². The van der Waals surface area contributed by atoms with Crippen LogP contribution in [0.2, 0.25) is 0 Å². The van der Waals surface area contributed by atoms with E-state index in [0.717, 1.165) is 37.2 Å². The number of piperidine rings is 1. The maximum atomic E-state index is 13.2. The highest BCUT2D eigenvalue weighted by Gasteiger charge is 2.17. The fourth-order valence-electron chi connectivity index (χ4n) is 4.41. The van der Waals surface area contributed by atoms with Crippen LogP contribution in [0.3, 0.4) is 0 Å². The van der Waals surface area contributed by atoms with E-state index in [9.17, 15) is 9.59 Å². The molecule has 0 saturated carbocycles. The van der Waals surface area contributed by atoms with E-state index in [0.29, 0.717) is 17.2 Å². The van der Waals surface area contributed by atoms with Gasteiger partial charge in [-0.3, -0.25) is 19.5 Å². The van der Waals surface area contributed by atoms with Crippen LogP contribution in [-0.4, -0.2) is 44.6 Å². The number of imidazole rings is 1. The molecule has 168 valence electrons. The van der Waals surface area contributed by atoms with E-state index in [1.54, 1.807) is 12.3 Å². The predicted molar refractivity (Wildman–Crippen MR) is 130 cm³/mol. The lowest BCUT2D eigenvalue weighted by Crippen LogP contribution is -2.33. The van der Waals surface area contributed by atoms with Crippen LogP contribution in [0.5, 0.6) is 0 Å². The van der Waals surface area contributed by atoms with Crippen LogP contribution >= 0.6 is 0 Å². The van der Waals surface area contributed by atoms with Gasteiger partial charge in [0.15, 0.2) is 0 Å². The molecule has 7 heteroatoms. The van der Waals surface area contributed by atoms with Crippen molar-refractivity contribution in [3.05, 3.63) is 88.8 Å². The average molecular weight is 442 g/mol. The Morgan fingerprint density at radius 2 is 1.64 bits per heavy atom. The number of carbonyl (C=O) groups is 1. The summed E-state index contributed by atoms with van der Waals surface area (Å²) in [6.07, 6.45) is 5.36. The minimum absolute atomic E-state index is 0.188. The summed E-state index contributed by atoms with van der Waals surface area (Å²) in [6.45, 7) is 3.91. The molecule has 1 aliphatic rings. The smallest absolute Gasteiger partial charge is 0.259 e. The van der Waals surface area contributed by atoms with E-state index < -0.39 is 0 Å². The van der Waals surface area contributed by atoms with Gasteiger partial charge in [-0.25, -0.2) is 4.98 Å². The van der Waals surface area contributed by atoms with Gasteiger partial charge in [0.25, 0.3) is 11.5 Å². The zero-order valence-corrected chi connectivity index (χ0v) is 18.5. The van der Waals surface area contributed by atoms with Gasteiger partial charge in [0.2, 0.25) is 5.95 Å². The second-order valence-electron chi connectivity index (χ2n) is 8.39. The minimum atomic E-state index is -0.297. The van der Waals surface area contributed by atoms with Crippen LogP contribution in [0.4, 0.5) is 5.95 Å². The second kappa shape index (κ2) is 9.42. The Kier molecular flexibility index (Phi) is 6.04. The van der Waals surface area contributed by atoms with Crippen LogP contribution in [0.25, 0.3) is 16.7 Å². The van der Waals surface area contributed by atoms with Gasteiger partial charge in [-0.2, -0.15) is 0 Å². The number of rotatable bonds is 6. The summed E-state index contributed by atoms with van der Waals surface area (Å²) in [5, 5.41) is 2.98. The molecule has 33 heavy (non-hydrogen) atoms. The van der Waals surface area contributed by atoms with E-state index in [2.05, 4.69) is 19.8 Å². The largest absolute Gasteiger partial charge is 0.309 e. The van der Waals surface area contributed by atoms with Crippen molar-refractivity contribution in [1.82, 2.24) is 19.0 Å². The molecule has 1 fully saturated rings. The third-order valence-electron chi connectivity index (χ3n) is 6.18. The molecule has 3 heterocycles. The normalized spacial score (nSPS) is 14.4. The molecule has 1 amide bonds. The lowest BCUT2D eigenvalue weighted by molar-refractivity contribution is 0.102. The molecular formula is C26H27N5O2. The number of carbonyl (C=O) groups excluding carboxylic acids is 1. The summed E-state index contributed by atoms with van der Waals surface area (Å²) in [7, 11) is 0. The predicted octanol–water partition coefficient (Wildman–Crippen LogP) is 3.93. The van der Waals surface area contributed by atoms with Gasteiger partial charge in [-0.1, -0.05) is 36.8 Å². The Bertz CT molecular complexity index is 1320. The highest BCUT2D eigenvalue weighted by molar-refractivity contribution is 6.04. The summed E-state index contributed by atoms with van der Waals surface area (Å²) in [4.78, 5) is 32.7. The molecule has 1 aliphatic heterocycles. The number of para-hydroxylation sites is 3. The van der Waals surface area contributed by atoms with E-state index in [1.807, 2.05) is 54.6 Å². The number of anilines is 1. The summed E-state index contributed by atoms with van der Waals surface area (Å²) in [5.41, 5.74) is 2.77. The van der Waals surface area contributed by atoms with Gasteiger partial charge in [-0.05, 0) is 56.3 Å². The van der Waals surface area contributed by atoms with Crippen molar-refractivity contribution >= 4 is 22.9 Å². The first-order valence-electron chi connectivity index (χ1n) is 11.5. The van der Waals surface area contributed by atoms with Crippen molar-refractivity contribution in [2.75, 3.05) is 25.0 Å². The Morgan fingerprint density at radius 3 is 2.45 bits per heavy atom. The molecule has 0 bridgehead atoms. The first-order chi connectivity index (χ1) is 16.2. The molecule has 1 saturated heterocycles. The van der Waals surface area contributed by atoms with Gasteiger partial charge in [-0.15, -0.1) is 0 Å². The number of aromatic nitrogens is 3.